The number of aryl methyl sites for hydroxylation is 2. The summed E-state index contributed by atoms with van der Waals surface area (Å²) in [4.78, 5) is 37.5. The number of nitrogens with two attached hydrogens (primary N) is 1. The smallest absolute Gasteiger partial charge is 0.404 e. The van der Waals surface area contributed by atoms with E-state index in [2.05, 4.69) is 5.32 Å². The maximum Gasteiger partial charge on any atom is 0.404 e. The zero-order chi connectivity index (χ0) is 32.5. The topological polar surface area (TPSA) is 200 Å². The molecule has 2 heterocycles. The number of methoxy groups -OCH3 is 1. The van der Waals surface area contributed by atoms with Crippen LogP contribution in [0.4, 0.5) is 10.5 Å². The average Bonchev–Trinajstić information content (AvgIpc) is 2.94. The minimum absolute atomic E-state index is 0.0344. The molecule has 13 nitrogen and oxygen atoms in total. The molecule has 2 aromatic carbocycles. The molecule has 1 aliphatic heterocycles. The number of aliphatic hydroxyl groups excluding tert-OH is 1. The quantitative estimate of drug-likeness (QED) is 0.220. The Morgan fingerprint density at radius 2 is 1.86 bits per heavy atom. The van der Waals surface area contributed by atoms with Gasteiger partial charge >= 0.3 is 11.7 Å². The summed E-state index contributed by atoms with van der Waals surface area (Å²) in [6, 6.07) is 7.22. The van der Waals surface area contributed by atoms with Crippen molar-refractivity contribution in [1.82, 2.24) is 0 Å². The van der Waals surface area contributed by atoms with Crippen LogP contribution < -0.4 is 21.4 Å². The molecule has 1 aromatic heterocycles. The number of amides is 2. The largest absolute Gasteiger partial charge is 0.508 e. The van der Waals surface area contributed by atoms with Crippen molar-refractivity contribution < 1.29 is 48.3 Å². The number of phenols is 1. The van der Waals surface area contributed by atoms with Gasteiger partial charge in [-0.15, -0.1) is 0 Å². The molecule has 4 unspecified atom stereocenters. The number of rotatable bonds is 9. The van der Waals surface area contributed by atoms with Crippen LogP contribution in [0, 0.1) is 12.8 Å². The SMILES string of the molecule is COC1C(OC(N)=O)C(O)C(Oc2ccc3c(O)c(NC(=O)c4ccc(O)c(CCC(C)C)c4)c(=O)oc3c2C)OC1(C)C. The Morgan fingerprint density at radius 1 is 1.16 bits per heavy atom. The molecule has 3 aromatic rings. The van der Waals surface area contributed by atoms with Gasteiger partial charge in [0, 0.05) is 18.2 Å². The van der Waals surface area contributed by atoms with Gasteiger partial charge in [0.25, 0.3) is 5.91 Å². The number of phenolic OH excluding ortho intramolecular Hbond substituents is 1. The lowest BCUT2D eigenvalue weighted by Crippen LogP contribution is -2.65. The number of primary amides is 1. The van der Waals surface area contributed by atoms with Gasteiger partial charge in [-0.3, -0.25) is 4.79 Å². The van der Waals surface area contributed by atoms with E-state index < -0.39 is 59.3 Å². The van der Waals surface area contributed by atoms with E-state index in [-0.39, 0.29) is 33.6 Å². The maximum absolute atomic E-state index is 13.0. The zero-order valence-corrected chi connectivity index (χ0v) is 25.4. The summed E-state index contributed by atoms with van der Waals surface area (Å²) in [7, 11) is 1.37. The minimum Gasteiger partial charge on any atom is -0.508 e. The maximum atomic E-state index is 13.0. The number of fused-ring (bicyclic) bond motifs is 1. The summed E-state index contributed by atoms with van der Waals surface area (Å²) >= 11 is 0. The third-order valence-electron chi connectivity index (χ3n) is 7.59. The zero-order valence-electron chi connectivity index (χ0n) is 25.4. The van der Waals surface area contributed by atoms with Crippen LogP contribution in [0.5, 0.6) is 17.2 Å². The van der Waals surface area contributed by atoms with Gasteiger partial charge in [-0.1, -0.05) is 13.8 Å². The number of nitrogens with one attached hydrogen (secondary N) is 1. The molecule has 1 aliphatic rings. The molecule has 0 aliphatic carbocycles. The fraction of sp³-hybridized carbons (Fsp3) is 0.452. The Balaban J connectivity index is 1.62. The molecule has 1 saturated heterocycles. The molecule has 1 fully saturated rings. The number of carbonyl (C=O) groups excluding carboxylic acids is 2. The fourth-order valence-corrected chi connectivity index (χ4v) is 5.23. The van der Waals surface area contributed by atoms with Crippen molar-refractivity contribution in [3.05, 3.63) is 57.4 Å². The number of aliphatic hydroxyl groups is 1. The van der Waals surface area contributed by atoms with Crippen LogP contribution >= 0.6 is 0 Å². The van der Waals surface area contributed by atoms with Crippen LogP contribution in [0.1, 0.15) is 55.6 Å². The first kappa shape index (κ1) is 32.6. The number of aromatic hydroxyl groups is 2. The summed E-state index contributed by atoms with van der Waals surface area (Å²) in [6.07, 6.45) is -4.72. The molecule has 238 valence electrons. The van der Waals surface area contributed by atoms with Crippen LogP contribution in [0.15, 0.2) is 39.5 Å². The van der Waals surface area contributed by atoms with E-state index in [1.54, 1.807) is 20.8 Å². The van der Waals surface area contributed by atoms with Crippen molar-refractivity contribution >= 4 is 28.7 Å². The van der Waals surface area contributed by atoms with Crippen molar-refractivity contribution in [2.75, 3.05) is 12.4 Å². The Bertz CT molecular complexity index is 1610. The van der Waals surface area contributed by atoms with Crippen molar-refractivity contribution in [3.63, 3.8) is 0 Å². The molecule has 44 heavy (non-hydrogen) atoms. The van der Waals surface area contributed by atoms with E-state index in [9.17, 15) is 29.7 Å². The summed E-state index contributed by atoms with van der Waals surface area (Å²) in [6.45, 7) is 8.97. The van der Waals surface area contributed by atoms with Gasteiger partial charge < -0.3 is 49.7 Å². The lowest BCUT2D eigenvalue weighted by molar-refractivity contribution is -0.304. The van der Waals surface area contributed by atoms with E-state index in [4.69, 9.17) is 29.1 Å². The Hall–Kier alpha value is -4.33. The van der Waals surface area contributed by atoms with Gasteiger partial charge in [0.05, 0.1) is 11.0 Å². The molecule has 4 rings (SSSR count). The molecule has 0 saturated carbocycles. The van der Waals surface area contributed by atoms with Gasteiger partial charge in [-0.25, -0.2) is 9.59 Å². The molecule has 2 amide bonds. The number of benzene rings is 2. The lowest BCUT2D eigenvalue weighted by Gasteiger charge is -2.47. The van der Waals surface area contributed by atoms with Crippen LogP contribution in [-0.2, 0) is 20.6 Å². The number of anilines is 1. The van der Waals surface area contributed by atoms with Crippen molar-refractivity contribution in [3.8, 4) is 17.2 Å². The van der Waals surface area contributed by atoms with Crippen LogP contribution in [-0.4, -0.2) is 64.6 Å². The van der Waals surface area contributed by atoms with Gasteiger partial charge in [0.1, 0.15) is 23.2 Å². The normalized spacial score (nSPS) is 21.3. The van der Waals surface area contributed by atoms with Gasteiger partial charge in [0.15, 0.2) is 23.6 Å². The summed E-state index contributed by atoms with van der Waals surface area (Å²) in [5.41, 5.74) is 3.65. The fourth-order valence-electron chi connectivity index (χ4n) is 5.23. The standard InChI is InChI=1S/C31H38N2O11/c1-14(2)7-8-16-13-17(9-11-19(16)34)27(37)33-21-22(35)18-10-12-20(15(3)24(18)42-28(21)38)41-29-23(36)25(43-30(32)39)26(40-6)31(4,5)44-29/h9-14,23,25-26,29,34-36H,7-8H2,1-6H3,(H2,32,39)(H,33,37). The van der Waals surface area contributed by atoms with E-state index in [1.807, 2.05) is 13.8 Å². The predicted octanol–water partition coefficient (Wildman–Crippen LogP) is 3.71. The Morgan fingerprint density at radius 3 is 2.50 bits per heavy atom. The van der Waals surface area contributed by atoms with E-state index in [0.29, 0.717) is 17.9 Å². The first-order valence-electron chi connectivity index (χ1n) is 14.1. The van der Waals surface area contributed by atoms with Gasteiger partial charge in [-0.2, -0.15) is 0 Å². The first-order valence-corrected chi connectivity index (χ1v) is 14.1. The number of hydrogen-bond donors (Lipinski definition) is 5. The molecule has 4 atom stereocenters. The highest BCUT2D eigenvalue weighted by molar-refractivity contribution is 6.06. The van der Waals surface area contributed by atoms with Crippen molar-refractivity contribution in [2.45, 2.75) is 77.7 Å². The van der Waals surface area contributed by atoms with Crippen LogP contribution in [0.3, 0.4) is 0 Å². The molecule has 0 bridgehead atoms. The van der Waals surface area contributed by atoms with Crippen LogP contribution in [0.2, 0.25) is 0 Å². The van der Waals surface area contributed by atoms with Crippen molar-refractivity contribution in [2.24, 2.45) is 11.7 Å². The number of ether oxygens (including phenoxy) is 4. The highest BCUT2D eigenvalue weighted by Crippen LogP contribution is 2.38. The minimum atomic E-state index is -1.51. The highest BCUT2D eigenvalue weighted by atomic mass is 16.7. The van der Waals surface area contributed by atoms with E-state index in [1.165, 1.54) is 37.4 Å². The second kappa shape index (κ2) is 12.7. The van der Waals surface area contributed by atoms with Gasteiger partial charge in [0.2, 0.25) is 6.29 Å². The van der Waals surface area contributed by atoms with Crippen molar-refractivity contribution in [1.29, 1.82) is 0 Å². The third kappa shape index (κ3) is 6.59. The van der Waals surface area contributed by atoms with Crippen LogP contribution in [0.25, 0.3) is 11.0 Å². The summed E-state index contributed by atoms with van der Waals surface area (Å²) in [5, 5.41) is 34.6. The second-order valence-electron chi connectivity index (χ2n) is 11.7. The molecule has 6 N–H and O–H groups in total. The Labute approximate surface area is 253 Å². The first-order chi connectivity index (χ1) is 20.6. The monoisotopic (exact) mass is 614 g/mol. The van der Waals surface area contributed by atoms with Gasteiger partial charge in [-0.05, 0) is 75.4 Å². The molecule has 0 spiro atoms. The highest BCUT2D eigenvalue weighted by Gasteiger charge is 2.53. The average molecular weight is 615 g/mol. The Kier molecular flexibility index (Phi) is 9.42. The molecular formula is C31H38N2O11. The second-order valence-corrected chi connectivity index (χ2v) is 11.7. The summed E-state index contributed by atoms with van der Waals surface area (Å²) in [5.74, 6) is -0.617. The number of hydrogen-bond acceptors (Lipinski definition) is 11. The molecule has 0 radical (unpaired) electrons. The predicted molar refractivity (Wildman–Crippen MR) is 159 cm³/mol. The van der Waals surface area contributed by atoms with E-state index >= 15 is 0 Å². The number of carbonyl (C=O) groups is 2. The molecule has 13 heteroatoms. The third-order valence-corrected chi connectivity index (χ3v) is 7.59. The van der Waals surface area contributed by atoms with E-state index in [0.717, 1.165) is 6.42 Å². The summed E-state index contributed by atoms with van der Waals surface area (Å²) < 4.78 is 27.9. The lowest BCUT2D eigenvalue weighted by atomic mass is 9.89. The molecular weight excluding hydrogens is 576 g/mol.